The lowest BCUT2D eigenvalue weighted by Crippen LogP contribution is -2.27. The molecule has 5 heteroatoms. The third-order valence-corrected chi connectivity index (χ3v) is 3.40. The summed E-state index contributed by atoms with van der Waals surface area (Å²) in [5.74, 6) is -1.04. The van der Waals surface area contributed by atoms with Crippen LogP contribution in [0.15, 0.2) is 24.3 Å². The van der Waals surface area contributed by atoms with Crippen molar-refractivity contribution >= 4 is 17.6 Å². The fourth-order valence-electron chi connectivity index (χ4n) is 2.39. The van der Waals surface area contributed by atoms with Gasteiger partial charge in [-0.15, -0.1) is 0 Å². The van der Waals surface area contributed by atoms with E-state index in [4.69, 9.17) is 10.00 Å². The number of carbonyl (C=O) groups excluding carboxylic acids is 2. The molecule has 1 fully saturated rings. The van der Waals surface area contributed by atoms with Crippen molar-refractivity contribution in [1.29, 1.82) is 5.26 Å². The van der Waals surface area contributed by atoms with Gasteiger partial charge in [-0.05, 0) is 18.1 Å². The van der Waals surface area contributed by atoms with Crippen molar-refractivity contribution in [2.75, 3.05) is 18.1 Å². The van der Waals surface area contributed by atoms with Crippen LogP contribution < -0.4 is 4.90 Å². The first-order chi connectivity index (χ1) is 9.67. The molecule has 0 unspecified atom stereocenters. The zero-order valence-electron chi connectivity index (χ0n) is 11.3. The Morgan fingerprint density at radius 2 is 2.25 bits per heavy atom. The molecule has 0 saturated carbocycles. The van der Waals surface area contributed by atoms with Crippen molar-refractivity contribution in [1.82, 2.24) is 0 Å². The molecule has 5 nitrogen and oxygen atoms in total. The van der Waals surface area contributed by atoms with Gasteiger partial charge in [0.25, 0.3) is 0 Å². The van der Waals surface area contributed by atoms with Gasteiger partial charge in [-0.2, -0.15) is 5.26 Å². The summed E-state index contributed by atoms with van der Waals surface area (Å²) < 4.78 is 4.79. The van der Waals surface area contributed by atoms with Gasteiger partial charge in [0, 0.05) is 18.7 Å². The normalized spacial score (nSPS) is 17.9. The largest absolute Gasteiger partial charge is 0.450 e. The molecule has 104 valence electrons. The van der Waals surface area contributed by atoms with Crippen LogP contribution in [-0.2, 0) is 20.7 Å². The molecule has 0 N–H and O–H groups in total. The number of esters is 1. The van der Waals surface area contributed by atoms with Crippen molar-refractivity contribution in [2.24, 2.45) is 5.92 Å². The predicted molar refractivity (Wildman–Crippen MR) is 72.9 cm³/mol. The van der Waals surface area contributed by atoms with E-state index in [1.165, 1.54) is 0 Å². The molecule has 0 aromatic heterocycles. The highest BCUT2D eigenvalue weighted by molar-refractivity contribution is 6.00. The number of ether oxygens (including phenoxy) is 1. The molecule has 0 radical (unpaired) electrons. The van der Waals surface area contributed by atoms with Crippen LogP contribution in [0.25, 0.3) is 0 Å². The molecular formula is C15H16N2O3. The van der Waals surface area contributed by atoms with E-state index < -0.39 is 11.9 Å². The lowest BCUT2D eigenvalue weighted by atomic mass is 10.1. The molecule has 1 saturated heterocycles. The standard InChI is InChI=1S/C15H16N2O3/c1-2-11-5-3-4-6-13(11)17-10-12(9-14(17)18)15(19)20-8-7-16/h3-6,12H,2,8-10H2,1H3/t12-/m1/s1. The first-order valence-electron chi connectivity index (χ1n) is 6.59. The van der Waals surface area contributed by atoms with E-state index in [9.17, 15) is 9.59 Å². The SMILES string of the molecule is CCc1ccccc1N1C[C@H](C(=O)OCC#N)CC1=O. The fraction of sp³-hybridized carbons (Fsp3) is 0.400. The second kappa shape index (κ2) is 6.20. The average molecular weight is 272 g/mol. The number of carbonyl (C=O) groups is 2. The number of aryl methyl sites for hydroxylation is 1. The molecule has 2 rings (SSSR count). The quantitative estimate of drug-likeness (QED) is 0.782. The number of nitriles is 1. The number of nitrogens with zero attached hydrogens (tertiary/aromatic N) is 2. The summed E-state index contributed by atoms with van der Waals surface area (Å²) in [6, 6.07) is 9.43. The van der Waals surface area contributed by atoms with Gasteiger partial charge in [-0.1, -0.05) is 25.1 Å². The molecule has 20 heavy (non-hydrogen) atoms. The van der Waals surface area contributed by atoms with E-state index in [1.54, 1.807) is 11.0 Å². The molecule has 1 atom stereocenters. The van der Waals surface area contributed by atoms with Crippen LogP contribution in [0.2, 0.25) is 0 Å². The molecule has 1 amide bonds. The molecule has 1 aliphatic heterocycles. The zero-order valence-corrected chi connectivity index (χ0v) is 11.3. The summed E-state index contributed by atoms with van der Waals surface area (Å²) in [5.41, 5.74) is 1.93. The maximum Gasteiger partial charge on any atom is 0.312 e. The van der Waals surface area contributed by atoms with Gasteiger partial charge in [0.2, 0.25) is 5.91 Å². The van der Waals surface area contributed by atoms with Gasteiger partial charge < -0.3 is 9.64 Å². The Bertz CT molecular complexity index is 562. The third-order valence-electron chi connectivity index (χ3n) is 3.40. The lowest BCUT2D eigenvalue weighted by Gasteiger charge is -2.19. The number of amides is 1. The van der Waals surface area contributed by atoms with Gasteiger partial charge in [-0.3, -0.25) is 9.59 Å². The summed E-state index contributed by atoms with van der Waals surface area (Å²) in [6.45, 7) is 2.08. The summed E-state index contributed by atoms with van der Waals surface area (Å²) in [5, 5.41) is 8.40. The minimum Gasteiger partial charge on any atom is -0.450 e. The predicted octanol–water partition coefficient (Wildman–Crippen LogP) is 1.67. The van der Waals surface area contributed by atoms with E-state index in [2.05, 4.69) is 0 Å². The number of hydrogen-bond acceptors (Lipinski definition) is 4. The number of para-hydroxylation sites is 1. The molecular weight excluding hydrogens is 256 g/mol. The van der Waals surface area contributed by atoms with Crippen LogP contribution in [0.4, 0.5) is 5.69 Å². The molecule has 1 aromatic rings. The summed E-state index contributed by atoms with van der Waals surface area (Å²) >= 11 is 0. The van der Waals surface area contributed by atoms with E-state index in [0.29, 0.717) is 6.54 Å². The number of hydrogen-bond donors (Lipinski definition) is 0. The van der Waals surface area contributed by atoms with Crippen LogP contribution in [0, 0.1) is 17.2 Å². The number of rotatable bonds is 4. The third kappa shape index (κ3) is 2.80. The van der Waals surface area contributed by atoms with Crippen LogP contribution in [0.1, 0.15) is 18.9 Å². The second-order valence-corrected chi connectivity index (χ2v) is 4.65. The lowest BCUT2D eigenvalue weighted by molar-refractivity contribution is -0.146. The second-order valence-electron chi connectivity index (χ2n) is 4.65. The summed E-state index contributed by atoms with van der Waals surface area (Å²) in [4.78, 5) is 25.4. The van der Waals surface area contributed by atoms with Crippen molar-refractivity contribution in [3.8, 4) is 6.07 Å². The van der Waals surface area contributed by atoms with Crippen LogP contribution in [0.3, 0.4) is 0 Å². The molecule has 0 spiro atoms. The van der Waals surface area contributed by atoms with Gasteiger partial charge in [0.15, 0.2) is 6.61 Å². The topological polar surface area (TPSA) is 70.4 Å². The van der Waals surface area contributed by atoms with E-state index in [0.717, 1.165) is 17.7 Å². The Labute approximate surface area is 117 Å². The molecule has 0 aliphatic carbocycles. The van der Waals surface area contributed by atoms with E-state index >= 15 is 0 Å². The molecule has 1 heterocycles. The van der Waals surface area contributed by atoms with Crippen LogP contribution >= 0.6 is 0 Å². The van der Waals surface area contributed by atoms with Crippen molar-refractivity contribution in [3.63, 3.8) is 0 Å². The summed E-state index contributed by atoms with van der Waals surface area (Å²) in [7, 11) is 0. The Morgan fingerprint density at radius 3 is 2.95 bits per heavy atom. The Hall–Kier alpha value is -2.35. The van der Waals surface area contributed by atoms with E-state index in [-0.39, 0.29) is 18.9 Å². The minimum absolute atomic E-state index is 0.0789. The number of benzene rings is 1. The Balaban J connectivity index is 2.13. The van der Waals surface area contributed by atoms with Crippen LogP contribution in [0.5, 0.6) is 0 Å². The summed E-state index contributed by atoms with van der Waals surface area (Å²) in [6.07, 6.45) is 0.964. The van der Waals surface area contributed by atoms with Crippen molar-refractivity contribution < 1.29 is 14.3 Å². The van der Waals surface area contributed by atoms with E-state index in [1.807, 2.05) is 31.2 Å². The fourth-order valence-corrected chi connectivity index (χ4v) is 2.39. The van der Waals surface area contributed by atoms with Gasteiger partial charge in [-0.25, -0.2) is 0 Å². The maximum absolute atomic E-state index is 12.1. The first kappa shape index (κ1) is 14.1. The maximum atomic E-state index is 12.1. The Kier molecular flexibility index (Phi) is 4.36. The minimum atomic E-state index is -0.485. The van der Waals surface area contributed by atoms with Crippen molar-refractivity contribution in [3.05, 3.63) is 29.8 Å². The smallest absolute Gasteiger partial charge is 0.312 e. The highest BCUT2D eigenvalue weighted by atomic mass is 16.5. The molecule has 1 aromatic carbocycles. The highest BCUT2D eigenvalue weighted by Gasteiger charge is 2.36. The number of anilines is 1. The van der Waals surface area contributed by atoms with Gasteiger partial charge >= 0.3 is 5.97 Å². The van der Waals surface area contributed by atoms with Crippen molar-refractivity contribution in [2.45, 2.75) is 19.8 Å². The highest BCUT2D eigenvalue weighted by Crippen LogP contribution is 2.28. The zero-order chi connectivity index (χ0) is 14.5. The Morgan fingerprint density at radius 1 is 1.50 bits per heavy atom. The van der Waals surface area contributed by atoms with Gasteiger partial charge in [0.05, 0.1) is 5.92 Å². The van der Waals surface area contributed by atoms with Gasteiger partial charge in [0.1, 0.15) is 6.07 Å². The molecule has 1 aliphatic rings. The first-order valence-corrected chi connectivity index (χ1v) is 6.59. The average Bonchev–Trinajstić information content (AvgIpc) is 2.86. The van der Waals surface area contributed by atoms with Crippen LogP contribution in [-0.4, -0.2) is 25.0 Å². The molecule has 0 bridgehead atoms. The monoisotopic (exact) mass is 272 g/mol.